The van der Waals surface area contributed by atoms with E-state index in [1.807, 2.05) is 72.8 Å². The van der Waals surface area contributed by atoms with Crippen LogP contribution in [-0.2, 0) is 9.47 Å². The molecule has 0 bridgehead atoms. The topological polar surface area (TPSA) is 96.8 Å². The van der Waals surface area contributed by atoms with E-state index >= 15 is 0 Å². The summed E-state index contributed by atoms with van der Waals surface area (Å²) in [6, 6.07) is 30.1. The zero-order valence-corrected chi connectivity index (χ0v) is 43.0. The molecule has 68 heavy (non-hydrogen) atoms. The van der Waals surface area contributed by atoms with Gasteiger partial charge in [0.15, 0.2) is 0 Å². The van der Waals surface area contributed by atoms with Crippen LogP contribution in [0.25, 0.3) is 21.8 Å². The number of carbonyl (C=O) groups is 2. The predicted molar refractivity (Wildman–Crippen MR) is 280 cm³/mol. The Labute approximate surface area is 419 Å². The molecule has 0 saturated heterocycles. The van der Waals surface area contributed by atoms with E-state index in [1.165, 1.54) is 25.7 Å². The minimum absolute atomic E-state index is 0.309. The lowest BCUT2D eigenvalue weighted by Gasteiger charge is -2.16. The van der Waals surface area contributed by atoms with Crippen LogP contribution in [0.15, 0.2) is 106 Å². The quantitative estimate of drug-likeness (QED) is 0.0271. The minimum Gasteiger partial charge on any atom is -0.493 e. The van der Waals surface area contributed by atoms with Gasteiger partial charge in [0, 0.05) is 21.9 Å². The van der Waals surface area contributed by atoms with Crippen LogP contribution in [0.1, 0.15) is 148 Å². The summed E-state index contributed by atoms with van der Waals surface area (Å²) in [5.41, 5.74) is 5.62. The molecule has 0 spiro atoms. The molecule has 2 heterocycles. The fraction of sp³-hybridized carbons (Fsp3) is 0.379. The molecular weight excluding hydrogens is 980 g/mol. The SMILES string of the molecule is CCCCC(CC)COc1cc(C#Cc2ccc(C(=O)OCCCCCCOC(=O)c3ccc(C#Cc4cc(OCC(CC)CCCC)cc5ccc(Br)nc45)cc3)cc2)c2nc(Br)ccc2c1. The van der Waals surface area contributed by atoms with Crippen molar-refractivity contribution in [1.82, 2.24) is 9.97 Å². The first-order valence-corrected chi connectivity index (χ1v) is 25.8. The number of rotatable bonds is 23. The number of benzene rings is 4. The van der Waals surface area contributed by atoms with Gasteiger partial charge in [-0.05, 0) is 179 Å². The van der Waals surface area contributed by atoms with Gasteiger partial charge in [-0.25, -0.2) is 19.6 Å². The zero-order chi connectivity index (χ0) is 48.1. The van der Waals surface area contributed by atoms with Crippen molar-refractivity contribution in [1.29, 1.82) is 0 Å². The van der Waals surface area contributed by atoms with Gasteiger partial charge in [-0.1, -0.05) is 89.9 Å². The number of pyridine rings is 2. The average molecular weight is 1040 g/mol. The monoisotopic (exact) mass is 1040 g/mol. The van der Waals surface area contributed by atoms with Gasteiger partial charge < -0.3 is 18.9 Å². The standard InChI is InChI=1S/C58H62Br2N2O6/c1-5-9-15-41(7-3)39-67-51-35-47(55-49(37-51)29-31-53(59)61-55)27-21-43-17-23-45(24-18-43)57(63)65-33-13-11-12-14-34-66-58(64)46-25-19-44(20-26-46)22-28-48-36-52(68-40-42(8-4)16-10-6-2)38-50-30-32-54(60)62-56(48)50/h17-20,23-26,29-32,35-38,41-42H,5-16,33-34,39-40H2,1-4H3. The second kappa shape index (κ2) is 27.3. The molecule has 4 aromatic carbocycles. The maximum atomic E-state index is 12.8. The second-order valence-electron chi connectivity index (χ2n) is 17.1. The lowest BCUT2D eigenvalue weighted by Crippen LogP contribution is -2.11. The lowest BCUT2D eigenvalue weighted by molar-refractivity contribution is 0.0473. The third-order valence-electron chi connectivity index (χ3n) is 12.0. The van der Waals surface area contributed by atoms with Crippen molar-refractivity contribution in [3.63, 3.8) is 0 Å². The molecule has 0 amide bonds. The van der Waals surface area contributed by atoms with E-state index in [2.05, 4.69) is 83.2 Å². The number of aromatic nitrogens is 2. The largest absolute Gasteiger partial charge is 0.493 e. The number of esters is 2. The second-order valence-corrected chi connectivity index (χ2v) is 18.8. The highest BCUT2D eigenvalue weighted by molar-refractivity contribution is 9.10. The minimum atomic E-state index is -0.374. The molecule has 2 aromatic heterocycles. The maximum absolute atomic E-state index is 12.8. The molecule has 354 valence electrons. The molecule has 8 nitrogen and oxygen atoms in total. The number of hydrogen-bond acceptors (Lipinski definition) is 8. The summed E-state index contributed by atoms with van der Waals surface area (Å²) in [5, 5.41) is 1.92. The van der Waals surface area contributed by atoms with E-state index < -0.39 is 0 Å². The highest BCUT2D eigenvalue weighted by Crippen LogP contribution is 2.29. The van der Waals surface area contributed by atoms with Crippen LogP contribution in [0.4, 0.5) is 0 Å². The number of hydrogen-bond donors (Lipinski definition) is 0. The van der Waals surface area contributed by atoms with Crippen molar-refractivity contribution in [3.8, 4) is 35.2 Å². The van der Waals surface area contributed by atoms with Crippen LogP contribution in [-0.4, -0.2) is 48.3 Å². The van der Waals surface area contributed by atoms with Crippen molar-refractivity contribution in [2.24, 2.45) is 11.8 Å². The summed E-state index contributed by atoms with van der Waals surface area (Å²) in [7, 11) is 0. The fourth-order valence-corrected chi connectivity index (χ4v) is 8.28. The van der Waals surface area contributed by atoms with E-state index in [1.54, 1.807) is 24.3 Å². The smallest absolute Gasteiger partial charge is 0.338 e. The lowest BCUT2D eigenvalue weighted by atomic mass is 10.0. The van der Waals surface area contributed by atoms with E-state index in [4.69, 9.17) is 28.9 Å². The number of fused-ring (bicyclic) bond motifs is 2. The zero-order valence-electron chi connectivity index (χ0n) is 39.8. The van der Waals surface area contributed by atoms with Crippen LogP contribution in [0.5, 0.6) is 11.5 Å². The molecule has 0 radical (unpaired) electrons. The summed E-state index contributed by atoms with van der Waals surface area (Å²) in [4.78, 5) is 35.0. The van der Waals surface area contributed by atoms with Gasteiger partial charge in [-0.3, -0.25) is 0 Å². The van der Waals surface area contributed by atoms with E-state index in [9.17, 15) is 9.59 Å². The van der Waals surface area contributed by atoms with Gasteiger partial charge in [0.1, 0.15) is 20.7 Å². The Balaban J connectivity index is 0.918. The van der Waals surface area contributed by atoms with Crippen LogP contribution < -0.4 is 9.47 Å². The average Bonchev–Trinajstić information content (AvgIpc) is 3.36. The van der Waals surface area contributed by atoms with Crippen LogP contribution >= 0.6 is 31.9 Å². The van der Waals surface area contributed by atoms with Gasteiger partial charge in [0.25, 0.3) is 0 Å². The Morgan fingerprint density at radius 2 is 0.926 bits per heavy atom. The van der Waals surface area contributed by atoms with Gasteiger partial charge in [0.2, 0.25) is 0 Å². The molecule has 2 unspecified atom stereocenters. The van der Waals surface area contributed by atoms with Gasteiger partial charge in [-0.15, -0.1) is 0 Å². The molecule has 0 aliphatic heterocycles. The van der Waals surface area contributed by atoms with Crippen molar-refractivity contribution in [3.05, 3.63) is 140 Å². The van der Waals surface area contributed by atoms with Crippen LogP contribution in [0.3, 0.4) is 0 Å². The molecule has 0 fully saturated rings. The van der Waals surface area contributed by atoms with Gasteiger partial charge in [-0.2, -0.15) is 0 Å². The molecule has 0 aliphatic rings. The molecular formula is C58H62Br2N2O6. The molecule has 0 N–H and O–H groups in total. The number of carbonyl (C=O) groups excluding carboxylic acids is 2. The van der Waals surface area contributed by atoms with Crippen LogP contribution in [0, 0.1) is 35.5 Å². The molecule has 2 atom stereocenters. The Hall–Kier alpha value is -5.68. The van der Waals surface area contributed by atoms with E-state index in [0.717, 1.165) is 103 Å². The summed E-state index contributed by atoms with van der Waals surface area (Å²) in [6.45, 7) is 10.8. The third kappa shape index (κ3) is 16.0. The summed E-state index contributed by atoms with van der Waals surface area (Å²) < 4.78 is 25.1. The molecule has 6 aromatic rings. The molecule has 0 saturated carbocycles. The first-order valence-electron chi connectivity index (χ1n) is 24.2. The molecule has 6 rings (SSSR count). The van der Waals surface area contributed by atoms with E-state index in [-0.39, 0.29) is 11.9 Å². The first-order chi connectivity index (χ1) is 33.2. The normalized spacial score (nSPS) is 11.8. The number of halogens is 2. The van der Waals surface area contributed by atoms with Crippen molar-refractivity contribution < 1.29 is 28.5 Å². The fourth-order valence-electron chi connectivity index (χ4n) is 7.66. The Kier molecular flexibility index (Phi) is 20.8. The molecule has 0 aliphatic carbocycles. The highest BCUT2D eigenvalue weighted by atomic mass is 79.9. The number of nitrogens with zero attached hydrogens (tertiary/aromatic N) is 2. The Morgan fingerprint density at radius 3 is 1.31 bits per heavy atom. The predicted octanol–water partition coefficient (Wildman–Crippen LogP) is 14.9. The van der Waals surface area contributed by atoms with E-state index in [0.29, 0.717) is 62.2 Å². The van der Waals surface area contributed by atoms with Gasteiger partial charge in [0.05, 0.1) is 59.7 Å². The summed E-state index contributed by atoms with van der Waals surface area (Å²) in [5.74, 6) is 14.9. The number of ether oxygens (including phenoxy) is 4. The third-order valence-corrected chi connectivity index (χ3v) is 12.8. The molecule has 10 heteroatoms. The van der Waals surface area contributed by atoms with Crippen molar-refractivity contribution in [2.45, 2.75) is 105 Å². The Morgan fingerprint density at radius 1 is 0.515 bits per heavy atom. The number of unbranched alkanes of at least 4 members (excludes halogenated alkanes) is 5. The van der Waals surface area contributed by atoms with Crippen LogP contribution in [0.2, 0.25) is 0 Å². The summed E-state index contributed by atoms with van der Waals surface area (Å²) in [6.07, 6.45) is 12.3. The Bertz CT molecular complexity index is 2540. The van der Waals surface area contributed by atoms with Gasteiger partial charge >= 0.3 is 11.9 Å². The van der Waals surface area contributed by atoms with Crippen molar-refractivity contribution >= 4 is 65.6 Å². The first kappa shape index (κ1) is 51.7. The summed E-state index contributed by atoms with van der Waals surface area (Å²) >= 11 is 7.00. The maximum Gasteiger partial charge on any atom is 0.338 e. The van der Waals surface area contributed by atoms with Crippen molar-refractivity contribution in [2.75, 3.05) is 26.4 Å². The highest BCUT2D eigenvalue weighted by Gasteiger charge is 2.13.